The lowest BCUT2D eigenvalue weighted by Crippen LogP contribution is -2.19. The van der Waals surface area contributed by atoms with Gasteiger partial charge in [0.25, 0.3) is 5.91 Å². The Kier molecular flexibility index (Phi) is 6.98. The maximum atomic E-state index is 13.0. The van der Waals surface area contributed by atoms with Crippen LogP contribution < -0.4 is 10.1 Å². The van der Waals surface area contributed by atoms with Gasteiger partial charge in [0.15, 0.2) is 0 Å². The minimum absolute atomic E-state index is 0.0294. The van der Waals surface area contributed by atoms with Crippen LogP contribution in [0.3, 0.4) is 0 Å². The molecule has 0 saturated heterocycles. The fraction of sp³-hybridized carbons (Fsp3) is 0.393. The summed E-state index contributed by atoms with van der Waals surface area (Å²) in [6.45, 7) is 6.14. The highest BCUT2D eigenvalue weighted by molar-refractivity contribution is 6.01. The molecule has 0 fully saturated rings. The number of hydrogen-bond donors (Lipinski definition) is 2. The number of ether oxygens (including phenoxy) is 1. The van der Waals surface area contributed by atoms with Crippen molar-refractivity contribution in [1.82, 2.24) is 29.5 Å². The van der Waals surface area contributed by atoms with Crippen LogP contribution in [0.5, 0.6) is 5.75 Å². The number of aryl methyl sites for hydroxylation is 3. The summed E-state index contributed by atoms with van der Waals surface area (Å²) in [6.07, 6.45) is 8.52. The number of carbonyl (C=O) groups is 1. The van der Waals surface area contributed by atoms with E-state index < -0.39 is 11.5 Å². The van der Waals surface area contributed by atoms with Crippen LogP contribution in [-0.2, 0) is 13.5 Å². The van der Waals surface area contributed by atoms with Crippen LogP contribution in [0, 0.1) is 6.92 Å². The zero-order chi connectivity index (χ0) is 26.9. The summed E-state index contributed by atoms with van der Waals surface area (Å²) in [6, 6.07) is 9.70. The van der Waals surface area contributed by atoms with Gasteiger partial charge in [0, 0.05) is 31.4 Å². The first-order valence-electron chi connectivity index (χ1n) is 12.8. The fourth-order valence-electron chi connectivity index (χ4n) is 4.72. The molecule has 10 heteroatoms. The smallest absolute Gasteiger partial charge is 0.296 e. The maximum absolute atomic E-state index is 13.0. The van der Waals surface area contributed by atoms with E-state index in [4.69, 9.17) is 4.74 Å². The first kappa shape index (κ1) is 25.6. The first-order valence-corrected chi connectivity index (χ1v) is 12.8. The summed E-state index contributed by atoms with van der Waals surface area (Å²) in [5, 5.41) is 21.5. The Balaban J connectivity index is 1.28. The van der Waals surface area contributed by atoms with Crippen molar-refractivity contribution in [1.29, 1.82) is 0 Å². The molecule has 1 unspecified atom stereocenters. The molecule has 1 aromatic carbocycles. The molecule has 2 N–H and O–H groups in total. The van der Waals surface area contributed by atoms with E-state index >= 15 is 0 Å². The van der Waals surface area contributed by atoms with Crippen LogP contribution in [0.25, 0.3) is 11.1 Å². The van der Waals surface area contributed by atoms with Gasteiger partial charge in [0.2, 0.25) is 5.82 Å². The van der Waals surface area contributed by atoms with E-state index in [2.05, 4.69) is 25.5 Å². The second kappa shape index (κ2) is 10.4. The quantitative estimate of drug-likeness (QED) is 0.322. The largest absolute Gasteiger partial charge is 0.494 e. The van der Waals surface area contributed by atoms with Gasteiger partial charge in [-0.2, -0.15) is 5.10 Å². The summed E-state index contributed by atoms with van der Waals surface area (Å²) >= 11 is 0. The van der Waals surface area contributed by atoms with E-state index in [9.17, 15) is 9.90 Å². The molecule has 0 bridgehead atoms. The van der Waals surface area contributed by atoms with Gasteiger partial charge in [-0.05, 0) is 81.0 Å². The van der Waals surface area contributed by atoms with Gasteiger partial charge in [-0.25, -0.2) is 14.6 Å². The molecule has 0 saturated carbocycles. The van der Waals surface area contributed by atoms with Gasteiger partial charge in [0.1, 0.15) is 17.4 Å². The van der Waals surface area contributed by atoms with Gasteiger partial charge in [0.05, 0.1) is 24.4 Å². The highest BCUT2D eigenvalue weighted by atomic mass is 16.5. The topological polar surface area (TPSA) is 120 Å². The molecule has 1 atom stereocenters. The number of amides is 1. The van der Waals surface area contributed by atoms with Crippen molar-refractivity contribution >= 4 is 11.7 Å². The molecule has 0 spiro atoms. The second-order valence-corrected chi connectivity index (χ2v) is 10.4. The third-order valence-electron chi connectivity index (χ3n) is 6.67. The van der Waals surface area contributed by atoms with Crippen molar-refractivity contribution in [2.75, 3.05) is 11.9 Å². The average molecular weight is 516 g/mol. The number of nitrogens with one attached hydrogen (secondary N) is 1. The molecule has 38 heavy (non-hydrogen) atoms. The Hall–Kier alpha value is -4.05. The number of nitrogens with zero attached hydrogens (tertiary/aromatic N) is 6. The number of aliphatic hydroxyl groups is 1. The van der Waals surface area contributed by atoms with Gasteiger partial charge in [-0.1, -0.05) is 6.07 Å². The van der Waals surface area contributed by atoms with E-state index in [1.165, 1.54) is 0 Å². The normalized spacial score (nSPS) is 14.9. The van der Waals surface area contributed by atoms with Gasteiger partial charge < -0.3 is 15.2 Å². The molecule has 1 amide bonds. The van der Waals surface area contributed by atoms with Crippen molar-refractivity contribution in [2.45, 2.75) is 58.1 Å². The lowest BCUT2D eigenvalue weighted by atomic mass is 10.0. The van der Waals surface area contributed by atoms with Crippen molar-refractivity contribution in [3.63, 3.8) is 0 Å². The minimum atomic E-state index is -0.701. The first-order chi connectivity index (χ1) is 18.2. The predicted octanol–water partition coefficient (Wildman–Crippen LogP) is 4.10. The Bertz CT molecular complexity index is 1450. The number of aromatic nitrogens is 6. The summed E-state index contributed by atoms with van der Waals surface area (Å²) < 4.78 is 9.51. The van der Waals surface area contributed by atoms with Crippen molar-refractivity contribution < 1.29 is 14.6 Å². The van der Waals surface area contributed by atoms with E-state index in [1.807, 2.05) is 61.4 Å². The number of carbonyl (C=O) groups excluding carboxylic acids is 1. The van der Waals surface area contributed by atoms with E-state index in [1.54, 1.807) is 24.7 Å². The van der Waals surface area contributed by atoms with Gasteiger partial charge in [-0.3, -0.25) is 9.48 Å². The third-order valence-corrected chi connectivity index (χ3v) is 6.67. The molecule has 1 aliphatic heterocycles. The van der Waals surface area contributed by atoms with E-state index in [0.717, 1.165) is 53.1 Å². The summed E-state index contributed by atoms with van der Waals surface area (Å²) in [5.74, 6) is 1.69. The van der Waals surface area contributed by atoms with E-state index in [-0.39, 0.29) is 11.9 Å². The number of anilines is 1. The van der Waals surface area contributed by atoms with Crippen LogP contribution in [-0.4, -0.2) is 52.8 Å². The molecular formula is C28H33N7O3. The molecule has 1 aliphatic rings. The molecule has 10 nitrogen and oxygen atoms in total. The standard InChI is InChI=1S/C28H33N7O3/c1-18-6-7-21(38-13-5-11-28(2,3)37)15-22(18)19-10-12-29-24(14-19)31-27(36)26-32-25-9-8-23(35(25)33-26)20-16-30-34(4)17-20/h6-7,10,12,14-17,23,37H,5,8-9,11,13H2,1-4H3,(H,29,31,36). The average Bonchev–Trinajstić information content (AvgIpc) is 3.58. The highest BCUT2D eigenvalue weighted by Crippen LogP contribution is 2.31. The molecule has 0 aliphatic carbocycles. The zero-order valence-electron chi connectivity index (χ0n) is 22.2. The Morgan fingerprint density at radius 1 is 1.26 bits per heavy atom. The number of pyridine rings is 1. The lowest BCUT2D eigenvalue weighted by Gasteiger charge is -2.17. The monoisotopic (exact) mass is 515 g/mol. The van der Waals surface area contributed by atoms with Crippen LogP contribution in [0.2, 0.25) is 0 Å². The summed E-state index contributed by atoms with van der Waals surface area (Å²) in [5.41, 5.74) is 3.32. The van der Waals surface area contributed by atoms with Crippen molar-refractivity contribution in [2.24, 2.45) is 7.05 Å². The summed E-state index contributed by atoms with van der Waals surface area (Å²) in [7, 11) is 1.88. The minimum Gasteiger partial charge on any atom is -0.494 e. The van der Waals surface area contributed by atoms with Crippen LogP contribution in [0.1, 0.15) is 66.7 Å². The number of rotatable bonds is 9. The number of fused-ring (bicyclic) bond motifs is 1. The molecule has 4 aromatic rings. The third kappa shape index (κ3) is 5.75. The van der Waals surface area contributed by atoms with Crippen molar-refractivity contribution in [3.05, 3.63) is 71.7 Å². The van der Waals surface area contributed by atoms with Crippen LogP contribution in [0.4, 0.5) is 5.82 Å². The molecule has 3 aromatic heterocycles. The van der Waals surface area contributed by atoms with Crippen LogP contribution in [0.15, 0.2) is 48.9 Å². The number of benzene rings is 1. The SMILES string of the molecule is Cc1ccc(OCCCC(C)(C)O)cc1-c1ccnc(NC(=O)c2nc3n(n2)C(c2cnn(C)c2)CC3)c1. The molecule has 198 valence electrons. The Morgan fingerprint density at radius 2 is 2.11 bits per heavy atom. The van der Waals surface area contributed by atoms with Crippen molar-refractivity contribution in [3.8, 4) is 16.9 Å². The molecule has 0 radical (unpaired) electrons. The molecular weight excluding hydrogens is 482 g/mol. The highest BCUT2D eigenvalue weighted by Gasteiger charge is 2.29. The second-order valence-electron chi connectivity index (χ2n) is 10.4. The van der Waals surface area contributed by atoms with Gasteiger partial charge >= 0.3 is 0 Å². The Morgan fingerprint density at radius 3 is 2.87 bits per heavy atom. The van der Waals surface area contributed by atoms with Crippen LogP contribution >= 0.6 is 0 Å². The van der Waals surface area contributed by atoms with Gasteiger partial charge in [-0.15, -0.1) is 5.10 Å². The lowest BCUT2D eigenvalue weighted by molar-refractivity contribution is 0.0641. The van der Waals surface area contributed by atoms with E-state index in [0.29, 0.717) is 18.8 Å². The Labute approximate surface area is 221 Å². The molecule has 5 rings (SSSR count). The number of hydrogen-bond acceptors (Lipinski definition) is 7. The summed E-state index contributed by atoms with van der Waals surface area (Å²) in [4.78, 5) is 21.8. The fourth-order valence-corrected chi connectivity index (χ4v) is 4.72. The predicted molar refractivity (Wildman–Crippen MR) is 143 cm³/mol. The zero-order valence-corrected chi connectivity index (χ0v) is 22.2. The maximum Gasteiger partial charge on any atom is 0.296 e. The molecule has 4 heterocycles.